The van der Waals surface area contributed by atoms with Gasteiger partial charge in [0, 0.05) is 21.9 Å². The number of fused-ring (bicyclic) bond motifs is 1. The lowest BCUT2D eigenvalue weighted by molar-refractivity contribution is -0.128. The largest absolute Gasteiger partial charge is 0.507 e. The van der Waals surface area contributed by atoms with Crippen LogP contribution < -0.4 is 4.74 Å². The van der Waals surface area contributed by atoms with Crippen molar-refractivity contribution in [2.75, 3.05) is 0 Å². The van der Waals surface area contributed by atoms with Crippen molar-refractivity contribution in [3.05, 3.63) is 47.5 Å². The van der Waals surface area contributed by atoms with Gasteiger partial charge in [0.15, 0.2) is 0 Å². The monoisotopic (exact) mass is 276 g/mol. The molecule has 19 heavy (non-hydrogen) atoms. The predicted octanol–water partition coefficient (Wildman–Crippen LogP) is 3.85. The lowest BCUT2D eigenvalue weighted by Crippen LogP contribution is -2.05. The Bertz CT molecular complexity index is 662. The molecule has 0 atom stereocenters. The number of hydrogen-bond donors (Lipinski definition) is 1. The van der Waals surface area contributed by atoms with Crippen LogP contribution in [-0.4, -0.2) is 11.1 Å². The Morgan fingerprint density at radius 1 is 1.42 bits per heavy atom. The molecule has 3 nitrogen and oxygen atoms in total. The summed E-state index contributed by atoms with van der Waals surface area (Å²) < 4.78 is 5.28. The summed E-state index contributed by atoms with van der Waals surface area (Å²) in [5.74, 6) is 0.0289. The van der Waals surface area contributed by atoms with E-state index in [0.717, 1.165) is 11.6 Å². The van der Waals surface area contributed by atoms with E-state index in [1.807, 2.05) is 6.92 Å². The Morgan fingerprint density at radius 3 is 2.79 bits per heavy atom. The van der Waals surface area contributed by atoms with Crippen LogP contribution in [0, 0.1) is 0 Å². The minimum Gasteiger partial charge on any atom is -0.507 e. The third-order valence-corrected chi connectivity index (χ3v) is 3.09. The molecule has 0 saturated heterocycles. The molecule has 0 spiro atoms. The molecule has 0 aromatic heterocycles. The number of aromatic hydroxyl groups is 1. The highest BCUT2D eigenvalue weighted by Gasteiger charge is 2.14. The van der Waals surface area contributed by atoms with Crippen LogP contribution in [0.15, 0.2) is 36.9 Å². The SMILES string of the molecule is C=CC(=O)Oc1c(CC)cc(O)c2cc(Cl)ccc12. The highest BCUT2D eigenvalue weighted by molar-refractivity contribution is 6.31. The average molecular weight is 277 g/mol. The molecule has 1 N–H and O–H groups in total. The second kappa shape index (κ2) is 5.33. The van der Waals surface area contributed by atoms with Gasteiger partial charge in [-0.3, -0.25) is 0 Å². The molecule has 0 amide bonds. The molecule has 0 bridgehead atoms. The quantitative estimate of drug-likeness (QED) is 0.526. The van der Waals surface area contributed by atoms with Gasteiger partial charge in [-0.1, -0.05) is 25.1 Å². The molecule has 0 fully saturated rings. The molecule has 0 heterocycles. The Kier molecular flexibility index (Phi) is 3.76. The van der Waals surface area contributed by atoms with E-state index in [0.29, 0.717) is 28.0 Å². The summed E-state index contributed by atoms with van der Waals surface area (Å²) in [7, 11) is 0. The Balaban J connectivity index is 2.74. The number of phenolic OH excluding ortho intramolecular Hbond substituents is 1. The van der Waals surface area contributed by atoms with Crippen molar-refractivity contribution in [3.8, 4) is 11.5 Å². The van der Waals surface area contributed by atoms with Crippen LogP contribution in [0.3, 0.4) is 0 Å². The van der Waals surface area contributed by atoms with E-state index in [4.69, 9.17) is 16.3 Å². The third-order valence-electron chi connectivity index (χ3n) is 2.86. The number of carbonyl (C=O) groups excluding carboxylic acids is 1. The van der Waals surface area contributed by atoms with Gasteiger partial charge in [0.25, 0.3) is 0 Å². The maximum Gasteiger partial charge on any atom is 0.335 e. The fraction of sp³-hybridized carbons (Fsp3) is 0.133. The van der Waals surface area contributed by atoms with Crippen molar-refractivity contribution in [1.29, 1.82) is 0 Å². The number of esters is 1. The summed E-state index contributed by atoms with van der Waals surface area (Å²) in [5, 5.41) is 11.7. The van der Waals surface area contributed by atoms with Gasteiger partial charge < -0.3 is 9.84 Å². The molecule has 2 aromatic rings. The second-order valence-corrected chi connectivity index (χ2v) is 4.49. The zero-order chi connectivity index (χ0) is 14.0. The standard InChI is InChI=1S/C15H13ClO3/c1-3-9-7-13(17)12-8-10(16)5-6-11(12)15(9)19-14(18)4-2/h4-8,17H,2-3H2,1H3. The van der Waals surface area contributed by atoms with Gasteiger partial charge in [-0.2, -0.15) is 0 Å². The second-order valence-electron chi connectivity index (χ2n) is 4.05. The topological polar surface area (TPSA) is 46.5 Å². The zero-order valence-corrected chi connectivity index (χ0v) is 11.2. The Hall–Kier alpha value is -2.00. The number of ether oxygens (including phenoxy) is 1. The van der Waals surface area contributed by atoms with Crippen LogP contribution in [0.4, 0.5) is 0 Å². The molecule has 2 aromatic carbocycles. The minimum atomic E-state index is -0.531. The van der Waals surface area contributed by atoms with Gasteiger partial charge in [-0.25, -0.2) is 4.79 Å². The minimum absolute atomic E-state index is 0.118. The van der Waals surface area contributed by atoms with Crippen LogP contribution in [0.1, 0.15) is 12.5 Å². The number of rotatable bonds is 3. The first-order chi connectivity index (χ1) is 9.06. The molecule has 2 rings (SSSR count). The fourth-order valence-corrected chi connectivity index (χ4v) is 2.11. The number of phenols is 1. The molecule has 0 unspecified atom stereocenters. The summed E-state index contributed by atoms with van der Waals surface area (Å²) in [6.45, 7) is 5.30. The van der Waals surface area contributed by atoms with Crippen molar-refractivity contribution in [3.63, 3.8) is 0 Å². The van der Waals surface area contributed by atoms with Crippen molar-refractivity contribution in [2.45, 2.75) is 13.3 Å². The number of hydrogen-bond acceptors (Lipinski definition) is 3. The number of halogens is 1. The predicted molar refractivity (Wildman–Crippen MR) is 75.8 cm³/mol. The van der Waals surface area contributed by atoms with Crippen LogP contribution >= 0.6 is 11.6 Å². The molecule has 0 aliphatic carbocycles. The molecule has 0 radical (unpaired) electrons. The number of carbonyl (C=O) groups is 1. The summed E-state index contributed by atoms with van der Waals surface area (Å²) >= 11 is 5.91. The first-order valence-corrected chi connectivity index (χ1v) is 6.23. The van der Waals surface area contributed by atoms with Gasteiger partial charge in [0.05, 0.1) is 0 Å². The molecule has 0 aliphatic rings. The normalized spacial score (nSPS) is 10.4. The van der Waals surface area contributed by atoms with Gasteiger partial charge in [0.1, 0.15) is 11.5 Å². The van der Waals surface area contributed by atoms with Gasteiger partial charge in [0.2, 0.25) is 0 Å². The Morgan fingerprint density at radius 2 is 2.16 bits per heavy atom. The van der Waals surface area contributed by atoms with Crippen LogP contribution in [-0.2, 0) is 11.2 Å². The average Bonchev–Trinajstić information content (AvgIpc) is 2.41. The third kappa shape index (κ3) is 2.56. The molecule has 98 valence electrons. The van der Waals surface area contributed by atoms with E-state index < -0.39 is 5.97 Å². The lowest BCUT2D eigenvalue weighted by atomic mass is 10.0. The van der Waals surface area contributed by atoms with Gasteiger partial charge in [-0.05, 0) is 36.2 Å². The first-order valence-electron chi connectivity index (χ1n) is 5.85. The maximum absolute atomic E-state index is 11.4. The number of benzene rings is 2. The summed E-state index contributed by atoms with van der Waals surface area (Å²) in [6, 6.07) is 6.64. The van der Waals surface area contributed by atoms with Crippen molar-refractivity contribution >= 4 is 28.3 Å². The van der Waals surface area contributed by atoms with Crippen LogP contribution in [0.25, 0.3) is 10.8 Å². The fourth-order valence-electron chi connectivity index (χ4n) is 1.93. The summed E-state index contributed by atoms with van der Waals surface area (Å²) in [5.41, 5.74) is 0.752. The Labute approximate surface area is 116 Å². The van der Waals surface area contributed by atoms with E-state index in [1.54, 1.807) is 24.3 Å². The van der Waals surface area contributed by atoms with Crippen molar-refractivity contribution in [2.24, 2.45) is 0 Å². The van der Waals surface area contributed by atoms with E-state index in [9.17, 15) is 9.90 Å². The van der Waals surface area contributed by atoms with E-state index in [-0.39, 0.29) is 5.75 Å². The van der Waals surface area contributed by atoms with Crippen molar-refractivity contribution < 1.29 is 14.6 Å². The summed E-state index contributed by atoms with van der Waals surface area (Å²) in [4.78, 5) is 11.4. The van der Waals surface area contributed by atoms with E-state index in [1.165, 1.54) is 0 Å². The smallest absolute Gasteiger partial charge is 0.335 e. The first kappa shape index (κ1) is 13.4. The molecular weight excluding hydrogens is 264 g/mol. The van der Waals surface area contributed by atoms with E-state index in [2.05, 4.69) is 6.58 Å². The summed E-state index contributed by atoms with van der Waals surface area (Å²) in [6.07, 6.45) is 1.74. The molecular formula is C15H13ClO3. The molecule has 4 heteroatoms. The zero-order valence-electron chi connectivity index (χ0n) is 10.4. The molecule has 0 aliphatic heterocycles. The maximum atomic E-state index is 11.4. The number of aryl methyl sites for hydroxylation is 1. The van der Waals surface area contributed by atoms with Crippen LogP contribution in [0.2, 0.25) is 5.02 Å². The van der Waals surface area contributed by atoms with E-state index >= 15 is 0 Å². The van der Waals surface area contributed by atoms with Crippen LogP contribution in [0.5, 0.6) is 11.5 Å². The molecule has 0 saturated carbocycles. The van der Waals surface area contributed by atoms with Gasteiger partial charge >= 0.3 is 5.97 Å². The highest BCUT2D eigenvalue weighted by Crippen LogP contribution is 2.37. The lowest BCUT2D eigenvalue weighted by Gasteiger charge is -2.13. The van der Waals surface area contributed by atoms with Crippen molar-refractivity contribution in [1.82, 2.24) is 0 Å². The van der Waals surface area contributed by atoms with Gasteiger partial charge in [-0.15, -0.1) is 0 Å². The highest BCUT2D eigenvalue weighted by atomic mass is 35.5.